The molecule has 0 aliphatic heterocycles. The Balaban J connectivity index is 0.000000319. The van der Waals surface area contributed by atoms with Crippen molar-refractivity contribution in [1.29, 1.82) is 0 Å². The third-order valence-electron chi connectivity index (χ3n) is 4.43. The molecule has 0 fully saturated rings. The van der Waals surface area contributed by atoms with E-state index in [-0.39, 0.29) is 26.2 Å². The van der Waals surface area contributed by atoms with E-state index < -0.39 is 40.9 Å². The van der Waals surface area contributed by atoms with Crippen LogP contribution in [0.4, 0.5) is 11.4 Å². The van der Waals surface area contributed by atoms with E-state index in [2.05, 4.69) is 3.88 Å². The number of nitro benzene ring substituents is 1. The Morgan fingerprint density at radius 2 is 1.61 bits per heavy atom. The summed E-state index contributed by atoms with van der Waals surface area (Å²) in [6, 6.07) is 17.3. The van der Waals surface area contributed by atoms with Crippen LogP contribution in [-0.4, -0.2) is 48.7 Å². The molecular weight excluding hydrogens is 561 g/mol. The van der Waals surface area contributed by atoms with Crippen LogP contribution in [0.5, 0.6) is 0 Å². The van der Waals surface area contributed by atoms with Crippen LogP contribution in [0.25, 0.3) is 0 Å². The van der Waals surface area contributed by atoms with Crippen molar-refractivity contribution in [3.63, 3.8) is 0 Å². The number of rotatable bonds is 7. The van der Waals surface area contributed by atoms with Gasteiger partial charge in [0.1, 0.15) is 0 Å². The summed E-state index contributed by atoms with van der Waals surface area (Å²) < 4.78 is 50.3. The zero-order chi connectivity index (χ0) is 27.1. The van der Waals surface area contributed by atoms with Gasteiger partial charge in [-0.15, -0.1) is 0 Å². The molecule has 3 aromatic rings. The summed E-state index contributed by atoms with van der Waals surface area (Å²) in [4.78, 5) is 32.0. The van der Waals surface area contributed by atoms with Crippen LogP contribution in [0, 0.1) is 10.1 Å². The van der Waals surface area contributed by atoms with Gasteiger partial charge in [0.25, 0.3) is 5.69 Å². The summed E-state index contributed by atoms with van der Waals surface area (Å²) in [5.74, 6) is -1.42. The number of non-ortho nitro benzene ring substituents is 1. The van der Waals surface area contributed by atoms with Gasteiger partial charge in [0.05, 0.1) is 4.92 Å². The molecule has 13 nitrogen and oxygen atoms in total. The first kappa shape index (κ1) is 28.4. The number of carbonyl (C=O) groups is 2. The maximum atomic E-state index is 12.7. The third-order valence-corrected chi connectivity index (χ3v) is 8.71. The molecule has 2 amide bonds. The van der Waals surface area contributed by atoms with Gasteiger partial charge >= 0.3 is 141 Å². The fourth-order valence-electron chi connectivity index (χ4n) is 2.78. The Bertz CT molecular complexity index is 1380. The second-order valence-corrected chi connectivity index (χ2v) is 12.3. The van der Waals surface area contributed by atoms with Gasteiger partial charge in [-0.05, 0) is 6.07 Å². The van der Waals surface area contributed by atoms with Crippen LogP contribution >= 0.6 is 0 Å². The van der Waals surface area contributed by atoms with Gasteiger partial charge in [-0.2, -0.15) is 0 Å². The Labute approximate surface area is 207 Å². The van der Waals surface area contributed by atoms with Crippen LogP contribution in [0.15, 0.2) is 83.8 Å². The second kappa shape index (κ2) is 11.7. The molecule has 4 N–H and O–H groups in total. The molecule has 1 atom stereocenters. The maximum absolute atomic E-state index is 12.7. The molecule has 15 heteroatoms. The van der Waals surface area contributed by atoms with Crippen molar-refractivity contribution >= 4 is 51.7 Å². The molecule has 0 radical (unpaired) electrons. The summed E-state index contributed by atoms with van der Waals surface area (Å²) in [6.45, 7) is 1.09. The van der Waals surface area contributed by atoms with E-state index in [9.17, 15) is 36.0 Å². The van der Waals surface area contributed by atoms with Crippen molar-refractivity contribution in [2.75, 3.05) is 4.31 Å². The largest absolute Gasteiger partial charge is 0.366 e. The number of nitrogens with zero attached hydrogens (tertiary/aromatic N) is 2. The van der Waals surface area contributed by atoms with E-state index in [4.69, 9.17) is 11.0 Å². The number of nitro groups is 1. The number of nitrogens with two attached hydrogens (primary N) is 1. The first-order chi connectivity index (χ1) is 16.8. The van der Waals surface area contributed by atoms with Crippen molar-refractivity contribution in [3.8, 4) is 0 Å². The average molecular weight is 581 g/mol. The first-order valence-corrected chi connectivity index (χ1v) is 14.5. The van der Waals surface area contributed by atoms with Gasteiger partial charge in [-0.25, -0.2) is 0 Å². The second-order valence-electron chi connectivity index (χ2n) is 6.89. The quantitative estimate of drug-likeness (QED) is 0.157. The molecule has 0 saturated heterocycles. The minimum absolute atomic E-state index is 0.0106. The van der Waals surface area contributed by atoms with Crippen LogP contribution in [-0.2, 0) is 22.4 Å². The number of anilines is 1. The number of amides is 2. The number of benzene rings is 3. The van der Waals surface area contributed by atoms with Crippen LogP contribution in [0.3, 0.4) is 0 Å². The molecule has 190 valence electrons. The minimum atomic E-state index is -5.05. The van der Waals surface area contributed by atoms with Crippen molar-refractivity contribution in [3.05, 3.63) is 94.5 Å². The minimum Gasteiger partial charge on any atom is -0.366 e. The molecule has 0 heterocycles. The van der Waals surface area contributed by atoms with Crippen molar-refractivity contribution < 1.29 is 39.9 Å². The molecule has 3 aromatic carbocycles. The van der Waals surface area contributed by atoms with Crippen molar-refractivity contribution in [2.45, 2.75) is 11.8 Å². The zero-order valence-corrected chi connectivity index (χ0v) is 21.2. The number of sulfonamides is 1. The Morgan fingerprint density at radius 1 is 1.03 bits per heavy atom. The van der Waals surface area contributed by atoms with E-state index in [0.717, 1.165) is 25.1 Å². The molecule has 0 aromatic heterocycles. The molecule has 0 aliphatic rings. The molecule has 0 bridgehead atoms. The molecule has 1 unspecified atom stereocenters. The predicted octanol–water partition coefficient (Wildman–Crippen LogP) is 1.18. The summed E-state index contributed by atoms with van der Waals surface area (Å²) in [6.07, 6.45) is 0. The van der Waals surface area contributed by atoms with Crippen molar-refractivity contribution in [1.82, 2.24) is 0 Å². The van der Waals surface area contributed by atoms with Gasteiger partial charge in [0, 0.05) is 17.7 Å². The fourth-order valence-corrected chi connectivity index (χ4v) is 5.53. The van der Waals surface area contributed by atoms with Crippen LogP contribution < -0.4 is 14.4 Å². The van der Waals surface area contributed by atoms with E-state index >= 15 is 0 Å². The summed E-state index contributed by atoms with van der Waals surface area (Å²) in [7, 11) is -4.13. The third kappa shape index (κ3) is 6.87. The van der Waals surface area contributed by atoms with Gasteiger partial charge in [-0.1, -0.05) is 6.07 Å². The van der Waals surface area contributed by atoms with E-state index in [0.29, 0.717) is 4.31 Å². The summed E-state index contributed by atoms with van der Waals surface area (Å²) >= 11 is -5.05. The van der Waals surface area contributed by atoms with Gasteiger partial charge < -0.3 is 5.73 Å². The van der Waals surface area contributed by atoms with E-state index in [1.54, 1.807) is 6.07 Å². The Kier molecular flexibility index (Phi) is 9.28. The topological polar surface area (TPSA) is 207 Å². The summed E-state index contributed by atoms with van der Waals surface area (Å²) in [5.41, 5.74) is 4.92. The molecule has 0 aliphatic carbocycles. The fraction of sp³-hybridized carbons (Fsp3) is 0.0476. The predicted molar refractivity (Wildman–Crippen MR) is 127 cm³/mol. The average Bonchev–Trinajstić information content (AvgIpc) is 2.85. The molecule has 3 rings (SSSR count). The standard InChI is InChI=1S/C14H14AsNO7S.C7H6N2O3/c1-11(17)16(24(21,22)14-5-3-2-4-6-14)13-9-7-12(8-10-13)15(18,19)23-20;8-7(10)5-2-1-3-6(4-5)9(11)12/h2-10,20H,1H3,(H,18,19);1-4H,(H2,8,10). The van der Waals surface area contributed by atoms with Crippen LogP contribution in [0.1, 0.15) is 17.3 Å². The normalized spacial score (nSPS) is 12.4. The molecule has 0 saturated carbocycles. The van der Waals surface area contributed by atoms with Crippen molar-refractivity contribution in [2.24, 2.45) is 5.73 Å². The summed E-state index contributed by atoms with van der Waals surface area (Å²) in [5, 5.41) is 18.7. The first-order valence-electron chi connectivity index (χ1n) is 9.73. The number of primary amides is 1. The zero-order valence-electron chi connectivity index (χ0n) is 18.5. The Hall–Kier alpha value is -3.81. The molecular formula is C21H20AsN3O10S. The SMILES string of the molecule is CC(=O)N(c1ccc([As](=O)(O)OO)cc1)S(=O)(=O)c1ccccc1.NC(=O)c1cccc([N+](=O)[O-])c1. The molecule has 36 heavy (non-hydrogen) atoms. The number of hydrogen-bond donors (Lipinski definition) is 3. The van der Waals surface area contributed by atoms with E-state index in [1.807, 2.05) is 0 Å². The number of carbonyl (C=O) groups excluding carboxylic acids is 2. The number of hydrogen-bond acceptors (Lipinski definition) is 9. The van der Waals surface area contributed by atoms with Crippen LogP contribution in [0.2, 0.25) is 0 Å². The Morgan fingerprint density at radius 3 is 2.08 bits per heavy atom. The maximum Gasteiger partial charge on any atom is 0.270 e. The van der Waals surface area contributed by atoms with E-state index in [1.165, 1.54) is 54.6 Å². The molecule has 0 spiro atoms. The van der Waals surface area contributed by atoms with Gasteiger partial charge in [0.15, 0.2) is 0 Å². The van der Waals surface area contributed by atoms with Gasteiger partial charge in [0.2, 0.25) is 5.91 Å². The van der Waals surface area contributed by atoms with Gasteiger partial charge in [-0.3, -0.25) is 14.9 Å². The smallest absolute Gasteiger partial charge is 0.270 e. The monoisotopic (exact) mass is 581 g/mol.